The first-order valence-electron chi connectivity index (χ1n) is 5.86. The molecule has 0 saturated heterocycles. The van der Waals surface area contributed by atoms with Crippen molar-refractivity contribution in [3.8, 4) is 11.3 Å². The number of hydrogen-bond acceptors (Lipinski definition) is 3. The molecular formula is C13H13N3O2S. The number of thiazole rings is 1. The molecule has 3 aromatic heterocycles. The Kier molecular flexibility index (Phi) is 2.67. The molecule has 6 heteroatoms. The molecule has 0 fully saturated rings. The van der Waals surface area contributed by atoms with E-state index in [0.717, 1.165) is 27.6 Å². The molecule has 0 aliphatic heterocycles. The maximum Gasteiger partial charge on any atom is 0.309 e. The molecule has 0 unspecified atom stereocenters. The summed E-state index contributed by atoms with van der Waals surface area (Å²) >= 11 is 1.53. The van der Waals surface area contributed by atoms with E-state index >= 15 is 0 Å². The number of aliphatic carboxylic acids is 1. The van der Waals surface area contributed by atoms with Crippen LogP contribution in [0.4, 0.5) is 0 Å². The average Bonchev–Trinajstić information content (AvgIpc) is 2.97. The maximum atomic E-state index is 11.0. The van der Waals surface area contributed by atoms with Crippen molar-refractivity contribution in [3.63, 3.8) is 0 Å². The van der Waals surface area contributed by atoms with E-state index in [1.807, 2.05) is 46.8 Å². The molecule has 5 nitrogen and oxygen atoms in total. The van der Waals surface area contributed by atoms with Gasteiger partial charge in [-0.05, 0) is 13.0 Å². The van der Waals surface area contributed by atoms with E-state index < -0.39 is 5.97 Å². The van der Waals surface area contributed by atoms with Crippen molar-refractivity contribution < 1.29 is 9.90 Å². The highest BCUT2D eigenvalue weighted by atomic mass is 32.1. The van der Waals surface area contributed by atoms with Gasteiger partial charge in [-0.3, -0.25) is 9.20 Å². The topological polar surface area (TPSA) is 59.5 Å². The van der Waals surface area contributed by atoms with Crippen molar-refractivity contribution in [3.05, 3.63) is 35.2 Å². The molecule has 0 aromatic carbocycles. The number of hydrogen-bond donors (Lipinski definition) is 1. The van der Waals surface area contributed by atoms with Crippen LogP contribution in [-0.2, 0) is 18.3 Å². The van der Waals surface area contributed by atoms with Gasteiger partial charge < -0.3 is 9.67 Å². The molecule has 1 N–H and O–H groups in total. The monoisotopic (exact) mass is 275 g/mol. The number of fused-ring (bicyclic) bond motifs is 1. The first kappa shape index (κ1) is 12.0. The van der Waals surface area contributed by atoms with E-state index in [4.69, 9.17) is 5.11 Å². The van der Waals surface area contributed by atoms with E-state index in [1.165, 1.54) is 11.3 Å². The predicted molar refractivity (Wildman–Crippen MR) is 73.6 cm³/mol. The summed E-state index contributed by atoms with van der Waals surface area (Å²) in [6.45, 7) is 1.85. The number of aromatic nitrogens is 3. The Morgan fingerprint density at radius 2 is 2.32 bits per heavy atom. The highest BCUT2D eigenvalue weighted by molar-refractivity contribution is 7.15. The third-order valence-corrected chi connectivity index (χ3v) is 3.93. The van der Waals surface area contributed by atoms with Gasteiger partial charge in [0, 0.05) is 30.4 Å². The smallest absolute Gasteiger partial charge is 0.309 e. The molecule has 98 valence electrons. The molecule has 3 aromatic rings. The van der Waals surface area contributed by atoms with Crippen molar-refractivity contribution >= 4 is 22.3 Å². The fraction of sp³-hybridized carbons (Fsp3) is 0.231. The summed E-state index contributed by atoms with van der Waals surface area (Å²) in [6, 6.07) is 2.02. The second-order valence-electron chi connectivity index (χ2n) is 4.52. The molecule has 0 radical (unpaired) electrons. The molecule has 3 heterocycles. The van der Waals surface area contributed by atoms with Crippen LogP contribution in [-0.4, -0.2) is 25.0 Å². The lowest BCUT2D eigenvalue weighted by Gasteiger charge is -2.01. The van der Waals surface area contributed by atoms with Crippen LogP contribution in [0.3, 0.4) is 0 Å². The maximum absolute atomic E-state index is 11.0. The minimum absolute atomic E-state index is 0.0104. The third-order valence-electron chi connectivity index (χ3n) is 3.11. The fourth-order valence-corrected chi connectivity index (χ4v) is 3.19. The normalized spacial score (nSPS) is 11.3. The van der Waals surface area contributed by atoms with Crippen LogP contribution in [0.1, 0.15) is 11.4 Å². The number of carboxylic acid groups (broad SMARTS) is 1. The van der Waals surface area contributed by atoms with Gasteiger partial charge in [-0.2, -0.15) is 0 Å². The predicted octanol–water partition coefficient (Wildman–Crippen LogP) is 2.34. The van der Waals surface area contributed by atoms with Crippen LogP contribution in [0.2, 0.25) is 0 Å². The van der Waals surface area contributed by atoms with Crippen LogP contribution in [0.25, 0.3) is 16.2 Å². The van der Waals surface area contributed by atoms with Gasteiger partial charge in [0.15, 0.2) is 4.96 Å². The molecule has 0 bridgehead atoms. The van der Waals surface area contributed by atoms with Crippen molar-refractivity contribution in [2.75, 3.05) is 0 Å². The zero-order valence-corrected chi connectivity index (χ0v) is 11.4. The number of nitrogens with zero attached hydrogens (tertiary/aromatic N) is 3. The molecule has 0 amide bonds. The van der Waals surface area contributed by atoms with Crippen LogP contribution in [0.15, 0.2) is 23.8 Å². The second kappa shape index (κ2) is 4.24. The van der Waals surface area contributed by atoms with E-state index in [2.05, 4.69) is 4.98 Å². The number of aryl methyl sites for hydroxylation is 2. The summed E-state index contributed by atoms with van der Waals surface area (Å²) in [5.74, 6) is -0.838. The largest absolute Gasteiger partial charge is 0.481 e. The van der Waals surface area contributed by atoms with E-state index in [1.54, 1.807) is 0 Å². The van der Waals surface area contributed by atoms with Crippen molar-refractivity contribution in [2.45, 2.75) is 13.3 Å². The lowest BCUT2D eigenvalue weighted by molar-refractivity contribution is -0.136. The van der Waals surface area contributed by atoms with Crippen LogP contribution >= 0.6 is 11.3 Å². The van der Waals surface area contributed by atoms with Crippen molar-refractivity contribution in [1.82, 2.24) is 14.0 Å². The highest BCUT2D eigenvalue weighted by Gasteiger charge is 2.17. The number of carbonyl (C=O) groups is 1. The van der Waals surface area contributed by atoms with Crippen molar-refractivity contribution in [1.29, 1.82) is 0 Å². The van der Waals surface area contributed by atoms with Crippen LogP contribution < -0.4 is 0 Å². The number of imidazole rings is 1. The van der Waals surface area contributed by atoms with Gasteiger partial charge in [0.1, 0.15) is 0 Å². The van der Waals surface area contributed by atoms with Gasteiger partial charge in [0.05, 0.1) is 23.5 Å². The van der Waals surface area contributed by atoms with E-state index in [9.17, 15) is 4.79 Å². The van der Waals surface area contributed by atoms with E-state index in [-0.39, 0.29) is 6.42 Å². The lowest BCUT2D eigenvalue weighted by atomic mass is 10.2. The summed E-state index contributed by atoms with van der Waals surface area (Å²) in [7, 11) is 1.96. The molecule has 19 heavy (non-hydrogen) atoms. The molecular weight excluding hydrogens is 262 g/mol. The van der Waals surface area contributed by atoms with Gasteiger partial charge in [-0.25, -0.2) is 4.98 Å². The quantitative estimate of drug-likeness (QED) is 0.798. The van der Waals surface area contributed by atoms with Gasteiger partial charge in [0.25, 0.3) is 0 Å². The Hall–Kier alpha value is -2.08. The molecule has 0 saturated carbocycles. The van der Waals surface area contributed by atoms with Crippen LogP contribution in [0, 0.1) is 6.92 Å². The summed E-state index contributed by atoms with van der Waals surface area (Å²) in [5, 5.41) is 11.0. The molecule has 0 atom stereocenters. The number of carboxylic acids is 1. The minimum Gasteiger partial charge on any atom is -0.481 e. The standard InChI is InChI=1S/C13H13N3O2S/c1-8-10(5-12(17)18)16-11(7-19-13(16)14-8)9-3-4-15(2)6-9/h3-4,6-7H,5H2,1-2H3,(H,17,18). The Morgan fingerprint density at radius 1 is 1.53 bits per heavy atom. The zero-order chi connectivity index (χ0) is 13.6. The summed E-state index contributed by atoms with van der Waals surface area (Å²) in [5.41, 5.74) is 3.60. The van der Waals surface area contributed by atoms with Gasteiger partial charge in [-0.1, -0.05) is 0 Å². The summed E-state index contributed by atoms with van der Waals surface area (Å²) < 4.78 is 3.92. The minimum atomic E-state index is -0.838. The van der Waals surface area contributed by atoms with E-state index in [0.29, 0.717) is 0 Å². The second-order valence-corrected chi connectivity index (χ2v) is 5.36. The average molecular weight is 275 g/mol. The Bertz CT molecular complexity index is 766. The first-order valence-corrected chi connectivity index (χ1v) is 6.74. The highest BCUT2D eigenvalue weighted by Crippen LogP contribution is 2.29. The van der Waals surface area contributed by atoms with Crippen molar-refractivity contribution in [2.24, 2.45) is 7.05 Å². The third kappa shape index (κ3) is 1.94. The Labute approximate surface area is 113 Å². The Balaban J connectivity index is 2.23. The Morgan fingerprint density at radius 3 is 2.95 bits per heavy atom. The first-order chi connectivity index (χ1) is 9.06. The van der Waals surface area contributed by atoms with Gasteiger partial charge in [0.2, 0.25) is 0 Å². The molecule has 0 aliphatic carbocycles. The van der Waals surface area contributed by atoms with Crippen LogP contribution in [0.5, 0.6) is 0 Å². The summed E-state index contributed by atoms with van der Waals surface area (Å²) in [6.07, 6.45) is 3.98. The lowest BCUT2D eigenvalue weighted by Crippen LogP contribution is -2.05. The fourth-order valence-electron chi connectivity index (χ4n) is 2.23. The van der Waals surface area contributed by atoms with Gasteiger partial charge in [-0.15, -0.1) is 11.3 Å². The van der Waals surface area contributed by atoms with Gasteiger partial charge >= 0.3 is 5.97 Å². The molecule has 0 spiro atoms. The number of rotatable bonds is 3. The SMILES string of the molecule is Cc1nc2scc(-c3ccn(C)c3)n2c1CC(=O)O. The zero-order valence-electron chi connectivity index (χ0n) is 10.6. The molecule has 0 aliphatic rings. The summed E-state index contributed by atoms with van der Waals surface area (Å²) in [4.78, 5) is 16.3. The molecule has 3 rings (SSSR count).